The Hall–Kier alpha value is -1.63. The molecule has 0 unspecified atom stereocenters. The predicted octanol–water partition coefficient (Wildman–Crippen LogP) is 2.99. The van der Waals surface area contributed by atoms with Gasteiger partial charge < -0.3 is 0 Å². The molecule has 0 heterocycles. The van der Waals surface area contributed by atoms with Crippen LogP contribution >= 0.6 is 11.6 Å². The zero-order valence-corrected chi connectivity index (χ0v) is 8.17. The lowest BCUT2D eigenvalue weighted by atomic mass is 10.1. The third-order valence-electron chi connectivity index (χ3n) is 1.73. The number of rotatable bonds is 2. The highest BCUT2D eigenvalue weighted by Gasteiger charge is 2.36. The van der Waals surface area contributed by atoms with Gasteiger partial charge in [0.15, 0.2) is 0 Å². The molecule has 8 heteroatoms. The maximum Gasteiger partial charge on any atom is 0.417 e. The zero-order chi connectivity index (χ0) is 12.5. The monoisotopic (exact) mass is 253 g/mol. The van der Waals surface area contributed by atoms with Crippen LogP contribution in [0.5, 0.6) is 0 Å². The molecule has 1 rings (SSSR count). The summed E-state index contributed by atoms with van der Waals surface area (Å²) in [7, 11) is 0. The quantitative estimate of drug-likeness (QED) is 0.462. The Morgan fingerprint density at radius 1 is 1.38 bits per heavy atom. The number of nitro groups is 1. The van der Waals surface area contributed by atoms with Crippen LogP contribution in [-0.4, -0.2) is 10.2 Å². The Labute approximate surface area is 91.8 Å². The number of nitro benzene ring substituents is 1. The maximum atomic E-state index is 12.4. The van der Waals surface area contributed by atoms with Crippen LogP contribution in [0.2, 0.25) is 0 Å². The van der Waals surface area contributed by atoms with Crippen LogP contribution < -0.4 is 0 Å². The van der Waals surface area contributed by atoms with Gasteiger partial charge in [-0.2, -0.15) is 13.2 Å². The Kier molecular flexibility index (Phi) is 3.18. The van der Waals surface area contributed by atoms with Gasteiger partial charge in [0, 0.05) is 17.7 Å². The van der Waals surface area contributed by atoms with E-state index in [1.165, 1.54) is 0 Å². The minimum atomic E-state index is -4.87. The lowest BCUT2D eigenvalue weighted by Gasteiger charge is -2.09. The van der Waals surface area contributed by atoms with E-state index in [0.29, 0.717) is 6.07 Å². The summed E-state index contributed by atoms with van der Waals surface area (Å²) in [5.41, 5.74) is -2.98. The summed E-state index contributed by atoms with van der Waals surface area (Å²) in [5.74, 6) is 0. The SMILES string of the molecule is O=C(Cl)c1ccc([N+](=O)[O-])cc1C(F)(F)F. The van der Waals surface area contributed by atoms with Crippen LogP contribution in [0.1, 0.15) is 15.9 Å². The topological polar surface area (TPSA) is 60.2 Å². The van der Waals surface area contributed by atoms with Gasteiger partial charge in [-0.05, 0) is 17.7 Å². The van der Waals surface area contributed by atoms with E-state index < -0.39 is 33.2 Å². The summed E-state index contributed by atoms with van der Waals surface area (Å²) in [6.07, 6.45) is -4.87. The molecular formula is C8H3ClF3NO3. The maximum absolute atomic E-state index is 12.4. The van der Waals surface area contributed by atoms with E-state index in [9.17, 15) is 28.1 Å². The molecule has 0 aliphatic heterocycles. The molecule has 1 aromatic rings. The van der Waals surface area contributed by atoms with Crippen molar-refractivity contribution in [3.63, 3.8) is 0 Å². The fraction of sp³-hybridized carbons (Fsp3) is 0.125. The van der Waals surface area contributed by atoms with Gasteiger partial charge >= 0.3 is 6.18 Å². The van der Waals surface area contributed by atoms with Crippen LogP contribution in [0.25, 0.3) is 0 Å². The molecule has 0 bridgehead atoms. The normalized spacial score (nSPS) is 11.2. The van der Waals surface area contributed by atoms with E-state index in [-0.39, 0.29) is 6.07 Å². The molecule has 0 aromatic heterocycles. The van der Waals surface area contributed by atoms with Gasteiger partial charge in [-0.1, -0.05) is 0 Å². The van der Waals surface area contributed by atoms with Gasteiger partial charge in [0.25, 0.3) is 10.9 Å². The van der Waals surface area contributed by atoms with Crippen molar-refractivity contribution in [1.29, 1.82) is 0 Å². The highest BCUT2D eigenvalue weighted by atomic mass is 35.5. The molecule has 16 heavy (non-hydrogen) atoms. The van der Waals surface area contributed by atoms with Gasteiger partial charge in [0.2, 0.25) is 0 Å². The number of hydrogen-bond donors (Lipinski definition) is 0. The van der Waals surface area contributed by atoms with E-state index in [1.807, 2.05) is 0 Å². The van der Waals surface area contributed by atoms with Gasteiger partial charge in [-0.3, -0.25) is 14.9 Å². The molecule has 0 saturated carbocycles. The minimum absolute atomic E-state index is 0.273. The van der Waals surface area contributed by atoms with Gasteiger partial charge in [0.1, 0.15) is 0 Å². The molecule has 0 atom stereocenters. The molecule has 86 valence electrons. The molecule has 4 nitrogen and oxygen atoms in total. The molecule has 0 radical (unpaired) electrons. The molecule has 0 N–H and O–H groups in total. The number of halogens is 4. The van der Waals surface area contributed by atoms with Crippen LogP contribution in [0.3, 0.4) is 0 Å². The number of alkyl halides is 3. The highest BCUT2D eigenvalue weighted by molar-refractivity contribution is 6.67. The van der Waals surface area contributed by atoms with Crippen molar-refractivity contribution in [3.05, 3.63) is 39.4 Å². The first-order chi connectivity index (χ1) is 7.23. The largest absolute Gasteiger partial charge is 0.417 e. The number of benzene rings is 1. The molecular weight excluding hydrogens is 251 g/mol. The van der Waals surface area contributed by atoms with E-state index in [4.69, 9.17) is 11.6 Å². The molecule has 0 aliphatic rings. The zero-order valence-electron chi connectivity index (χ0n) is 7.42. The summed E-state index contributed by atoms with van der Waals surface area (Å²) in [5, 5.41) is 8.96. The summed E-state index contributed by atoms with van der Waals surface area (Å²) in [6.45, 7) is 0. The molecule has 0 aliphatic carbocycles. The van der Waals surface area contributed by atoms with Crippen molar-refractivity contribution in [2.45, 2.75) is 6.18 Å². The van der Waals surface area contributed by atoms with Crippen LogP contribution in [0, 0.1) is 10.1 Å². The van der Waals surface area contributed by atoms with Crippen molar-refractivity contribution >= 4 is 22.5 Å². The van der Waals surface area contributed by atoms with Crippen molar-refractivity contribution in [3.8, 4) is 0 Å². The van der Waals surface area contributed by atoms with Crippen LogP contribution in [-0.2, 0) is 6.18 Å². The fourth-order valence-electron chi connectivity index (χ4n) is 1.05. The van der Waals surface area contributed by atoms with E-state index in [0.717, 1.165) is 6.07 Å². The number of carbonyl (C=O) groups excluding carboxylic acids is 1. The molecule has 0 amide bonds. The summed E-state index contributed by atoms with van der Waals surface area (Å²) in [6, 6.07) is 1.73. The average Bonchev–Trinajstić information content (AvgIpc) is 2.15. The number of hydrogen-bond acceptors (Lipinski definition) is 3. The molecule has 0 spiro atoms. The summed E-state index contributed by atoms with van der Waals surface area (Å²) < 4.78 is 37.3. The molecule has 0 saturated heterocycles. The van der Waals surface area contributed by atoms with E-state index >= 15 is 0 Å². The number of nitrogens with zero attached hydrogens (tertiary/aromatic N) is 1. The standard InChI is InChI=1S/C8H3ClF3NO3/c9-7(14)5-2-1-4(13(15)16)3-6(5)8(10,11)12/h1-3H. The summed E-state index contributed by atoms with van der Waals surface area (Å²) >= 11 is 4.94. The van der Waals surface area contributed by atoms with Crippen molar-refractivity contribution in [2.24, 2.45) is 0 Å². The Bertz CT molecular complexity index is 458. The average molecular weight is 254 g/mol. The van der Waals surface area contributed by atoms with Gasteiger partial charge in [0.05, 0.1) is 10.5 Å². The first kappa shape index (κ1) is 12.4. The Morgan fingerprint density at radius 2 is 1.94 bits per heavy atom. The lowest BCUT2D eigenvalue weighted by Crippen LogP contribution is -2.11. The second-order valence-corrected chi connectivity index (χ2v) is 3.10. The van der Waals surface area contributed by atoms with Crippen molar-refractivity contribution in [1.82, 2.24) is 0 Å². The number of carbonyl (C=O) groups is 1. The lowest BCUT2D eigenvalue weighted by molar-refractivity contribution is -0.385. The van der Waals surface area contributed by atoms with Crippen molar-refractivity contribution in [2.75, 3.05) is 0 Å². The second-order valence-electron chi connectivity index (χ2n) is 2.76. The van der Waals surface area contributed by atoms with Crippen LogP contribution in [0.4, 0.5) is 18.9 Å². The van der Waals surface area contributed by atoms with Crippen molar-refractivity contribution < 1.29 is 22.9 Å². The summed E-state index contributed by atoms with van der Waals surface area (Å²) in [4.78, 5) is 20.0. The third-order valence-corrected chi connectivity index (χ3v) is 1.93. The van der Waals surface area contributed by atoms with Gasteiger partial charge in [-0.15, -0.1) is 0 Å². The molecule has 1 aromatic carbocycles. The van der Waals surface area contributed by atoms with E-state index in [1.54, 1.807) is 0 Å². The smallest absolute Gasteiger partial charge is 0.276 e. The first-order valence-electron chi connectivity index (χ1n) is 3.79. The number of non-ortho nitro benzene ring substituents is 1. The van der Waals surface area contributed by atoms with Crippen LogP contribution in [0.15, 0.2) is 18.2 Å². The third kappa shape index (κ3) is 2.48. The fourth-order valence-corrected chi connectivity index (χ4v) is 1.22. The van der Waals surface area contributed by atoms with E-state index in [2.05, 4.69) is 0 Å². The highest BCUT2D eigenvalue weighted by Crippen LogP contribution is 2.34. The Balaban J connectivity index is 3.45. The predicted molar refractivity (Wildman–Crippen MR) is 48.3 cm³/mol. The Morgan fingerprint density at radius 3 is 2.31 bits per heavy atom. The molecule has 0 fully saturated rings. The second kappa shape index (κ2) is 4.09. The first-order valence-corrected chi connectivity index (χ1v) is 4.16. The minimum Gasteiger partial charge on any atom is -0.276 e. The van der Waals surface area contributed by atoms with Gasteiger partial charge in [-0.25, -0.2) is 0 Å².